The number of nitrogens with one attached hydrogen (secondary N) is 1. The van der Waals surface area contributed by atoms with Crippen LogP contribution in [0, 0.1) is 11.8 Å². The highest BCUT2D eigenvalue weighted by atomic mass is 16.7. The number of carbonyl (C=O) groups is 2. The lowest BCUT2D eigenvalue weighted by Gasteiger charge is -2.05. The summed E-state index contributed by atoms with van der Waals surface area (Å²) in [5.74, 6) is -0.638. The van der Waals surface area contributed by atoms with Gasteiger partial charge in [-0.25, -0.2) is 0 Å². The smallest absolute Gasteiger partial charge is 0.307 e. The van der Waals surface area contributed by atoms with E-state index >= 15 is 0 Å². The summed E-state index contributed by atoms with van der Waals surface area (Å²) in [7, 11) is 0. The second-order valence-corrected chi connectivity index (χ2v) is 4.69. The van der Waals surface area contributed by atoms with Crippen molar-refractivity contribution in [1.82, 2.24) is 5.32 Å². The van der Waals surface area contributed by atoms with Crippen LogP contribution in [0.15, 0.2) is 18.2 Å². The summed E-state index contributed by atoms with van der Waals surface area (Å²) in [6.45, 7) is 0.575. The quantitative estimate of drug-likeness (QED) is 0.837. The van der Waals surface area contributed by atoms with Crippen LogP contribution in [-0.4, -0.2) is 23.8 Å². The Bertz CT molecular complexity index is 542. The van der Waals surface area contributed by atoms with E-state index in [1.165, 1.54) is 0 Å². The molecule has 1 saturated carbocycles. The molecule has 1 heterocycles. The van der Waals surface area contributed by atoms with Gasteiger partial charge >= 0.3 is 5.97 Å². The van der Waals surface area contributed by atoms with E-state index in [0.29, 0.717) is 24.5 Å². The SMILES string of the molecule is O=C(O)[C@H]1C[C@H]1C(=O)NCc1ccc2c(c1)OCO2. The predicted octanol–water partition coefficient (Wildman–Crippen LogP) is 0.752. The van der Waals surface area contributed by atoms with E-state index in [0.717, 1.165) is 5.56 Å². The predicted molar refractivity (Wildman–Crippen MR) is 63.6 cm³/mol. The lowest BCUT2D eigenvalue weighted by atomic mass is 10.2. The Morgan fingerprint density at radius 3 is 2.79 bits per heavy atom. The summed E-state index contributed by atoms with van der Waals surface area (Å²) < 4.78 is 10.4. The van der Waals surface area contributed by atoms with Gasteiger partial charge in [0.2, 0.25) is 12.7 Å². The van der Waals surface area contributed by atoms with E-state index in [2.05, 4.69) is 5.32 Å². The van der Waals surface area contributed by atoms with E-state index < -0.39 is 11.9 Å². The number of aliphatic carboxylic acids is 1. The van der Waals surface area contributed by atoms with Crippen LogP contribution in [-0.2, 0) is 16.1 Å². The highest BCUT2D eigenvalue weighted by Crippen LogP contribution is 2.38. The van der Waals surface area contributed by atoms with Gasteiger partial charge in [-0.15, -0.1) is 0 Å². The molecule has 1 aliphatic carbocycles. The molecule has 1 aromatic rings. The number of rotatable bonds is 4. The van der Waals surface area contributed by atoms with Gasteiger partial charge in [-0.05, 0) is 24.1 Å². The molecule has 2 atom stereocenters. The number of benzene rings is 1. The molecular formula is C13H13NO5. The van der Waals surface area contributed by atoms with Gasteiger partial charge in [0.1, 0.15) is 0 Å². The Kier molecular flexibility index (Phi) is 2.77. The molecule has 100 valence electrons. The molecule has 19 heavy (non-hydrogen) atoms. The third-order valence-corrected chi connectivity index (χ3v) is 3.35. The first-order valence-corrected chi connectivity index (χ1v) is 6.04. The molecule has 0 spiro atoms. The molecular weight excluding hydrogens is 250 g/mol. The van der Waals surface area contributed by atoms with Gasteiger partial charge < -0.3 is 19.9 Å². The van der Waals surface area contributed by atoms with Crippen molar-refractivity contribution in [2.75, 3.05) is 6.79 Å². The van der Waals surface area contributed by atoms with E-state index in [9.17, 15) is 9.59 Å². The highest BCUT2D eigenvalue weighted by molar-refractivity contribution is 5.89. The van der Waals surface area contributed by atoms with E-state index in [-0.39, 0.29) is 18.6 Å². The number of hydrogen-bond donors (Lipinski definition) is 2. The van der Waals surface area contributed by atoms with E-state index in [4.69, 9.17) is 14.6 Å². The zero-order chi connectivity index (χ0) is 13.4. The van der Waals surface area contributed by atoms with Crippen molar-refractivity contribution < 1.29 is 24.2 Å². The Hall–Kier alpha value is -2.24. The average molecular weight is 263 g/mol. The first kappa shape index (κ1) is 11.8. The molecule has 2 aliphatic rings. The highest BCUT2D eigenvalue weighted by Gasteiger charge is 2.48. The largest absolute Gasteiger partial charge is 0.481 e. The third kappa shape index (κ3) is 2.33. The fourth-order valence-corrected chi connectivity index (χ4v) is 2.13. The van der Waals surface area contributed by atoms with E-state index in [1.807, 2.05) is 12.1 Å². The maximum Gasteiger partial charge on any atom is 0.307 e. The standard InChI is InChI=1S/C13H13NO5/c15-12(8-4-9(8)13(16)17)14-5-7-1-2-10-11(3-7)19-6-18-10/h1-3,8-9H,4-6H2,(H,14,15)(H,16,17)/t8-,9+/m1/s1. The molecule has 2 N–H and O–H groups in total. The van der Waals surface area contributed by atoms with Gasteiger partial charge in [0.25, 0.3) is 0 Å². The first-order valence-electron chi connectivity index (χ1n) is 6.04. The van der Waals surface area contributed by atoms with Crippen LogP contribution < -0.4 is 14.8 Å². The van der Waals surface area contributed by atoms with Crippen LogP contribution >= 0.6 is 0 Å². The Labute approximate surface area is 109 Å². The molecule has 6 nitrogen and oxygen atoms in total. The number of ether oxygens (including phenoxy) is 2. The van der Waals surface area contributed by atoms with Crippen molar-refractivity contribution in [3.8, 4) is 11.5 Å². The van der Waals surface area contributed by atoms with Crippen LogP contribution in [0.2, 0.25) is 0 Å². The van der Waals surface area contributed by atoms with Crippen molar-refractivity contribution >= 4 is 11.9 Å². The zero-order valence-corrected chi connectivity index (χ0v) is 10.1. The van der Waals surface area contributed by atoms with Gasteiger partial charge in [0.15, 0.2) is 11.5 Å². The summed E-state index contributed by atoms with van der Waals surface area (Å²) in [6.07, 6.45) is 0.433. The normalized spacial score (nSPS) is 22.9. The van der Waals surface area contributed by atoms with Crippen LogP contribution in [0.5, 0.6) is 11.5 Å². The minimum Gasteiger partial charge on any atom is -0.481 e. The van der Waals surface area contributed by atoms with Crippen LogP contribution in [0.1, 0.15) is 12.0 Å². The van der Waals surface area contributed by atoms with Crippen LogP contribution in [0.4, 0.5) is 0 Å². The minimum atomic E-state index is -0.900. The minimum absolute atomic E-state index is 0.204. The van der Waals surface area contributed by atoms with Gasteiger partial charge in [0.05, 0.1) is 11.8 Å². The Morgan fingerprint density at radius 1 is 1.26 bits per heavy atom. The number of hydrogen-bond acceptors (Lipinski definition) is 4. The number of carbonyl (C=O) groups excluding carboxylic acids is 1. The van der Waals surface area contributed by atoms with Crippen molar-refractivity contribution in [2.45, 2.75) is 13.0 Å². The molecule has 6 heteroatoms. The van der Waals surface area contributed by atoms with Gasteiger partial charge in [-0.3, -0.25) is 9.59 Å². The summed E-state index contributed by atoms with van der Waals surface area (Å²) in [6, 6.07) is 5.45. The van der Waals surface area contributed by atoms with Crippen LogP contribution in [0.3, 0.4) is 0 Å². The van der Waals surface area contributed by atoms with Gasteiger partial charge in [-0.2, -0.15) is 0 Å². The molecule has 1 aliphatic heterocycles. The van der Waals surface area contributed by atoms with Crippen molar-refractivity contribution in [3.63, 3.8) is 0 Å². The topological polar surface area (TPSA) is 84.9 Å². The van der Waals surface area contributed by atoms with E-state index in [1.54, 1.807) is 6.07 Å². The molecule has 1 amide bonds. The molecule has 1 aromatic carbocycles. The second kappa shape index (κ2) is 4.46. The number of carboxylic acid groups (broad SMARTS) is 1. The van der Waals surface area contributed by atoms with Gasteiger partial charge in [0, 0.05) is 6.54 Å². The van der Waals surface area contributed by atoms with Crippen molar-refractivity contribution in [3.05, 3.63) is 23.8 Å². The third-order valence-electron chi connectivity index (χ3n) is 3.35. The fraction of sp³-hybridized carbons (Fsp3) is 0.385. The average Bonchev–Trinajstić information content (AvgIpc) is 3.07. The molecule has 3 rings (SSSR count). The van der Waals surface area contributed by atoms with Crippen molar-refractivity contribution in [1.29, 1.82) is 0 Å². The molecule has 0 unspecified atom stereocenters. The summed E-state index contributed by atoms with van der Waals surface area (Å²) >= 11 is 0. The maximum absolute atomic E-state index is 11.7. The summed E-state index contributed by atoms with van der Waals surface area (Å²) in [4.78, 5) is 22.4. The number of amides is 1. The monoisotopic (exact) mass is 263 g/mol. The second-order valence-electron chi connectivity index (χ2n) is 4.69. The lowest BCUT2D eigenvalue weighted by Crippen LogP contribution is -2.25. The summed E-state index contributed by atoms with van der Waals surface area (Å²) in [5.41, 5.74) is 0.894. The lowest BCUT2D eigenvalue weighted by molar-refractivity contribution is -0.140. The Balaban J connectivity index is 1.55. The molecule has 0 radical (unpaired) electrons. The molecule has 0 bridgehead atoms. The molecule has 0 saturated heterocycles. The summed E-state index contributed by atoms with van der Waals surface area (Å²) in [5, 5.41) is 11.5. The molecule has 0 aromatic heterocycles. The number of fused-ring (bicyclic) bond motifs is 1. The Morgan fingerprint density at radius 2 is 2.05 bits per heavy atom. The fourth-order valence-electron chi connectivity index (χ4n) is 2.13. The van der Waals surface area contributed by atoms with Crippen molar-refractivity contribution in [2.24, 2.45) is 11.8 Å². The first-order chi connectivity index (χ1) is 9.15. The zero-order valence-electron chi connectivity index (χ0n) is 10.1. The number of carboxylic acids is 1. The van der Waals surface area contributed by atoms with Crippen LogP contribution in [0.25, 0.3) is 0 Å². The maximum atomic E-state index is 11.7. The molecule has 1 fully saturated rings. The van der Waals surface area contributed by atoms with Gasteiger partial charge in [-0.1, -0.05) is 6.07 Å².